The molecule has 1 nitrogen and oxygen atoms in total. The topological polar surface area (TPSA) is 12.0 Å². The van der Waals surface area contributed by atoms with Gasteiger partial charge in [-0.3, -0.25) is 0 Å². The predicted octanol–water partition coefficient (Wildman–Crippen LogP) is 6.71. The first kappa shape index (κ1) is 21.0. The van der Waals surface area contributed by atoms with Gasteiger partial charge in [0.25, 0.3) is 0 Å². The lowest BCUT2D eigenvalue weighted by molar-refractivity contribution is 0.204. The van der Waals surface area contributed by atoms with Gasteiger partial charge in [-0.25, -0.2) is 0 Å². The average Bonchev–Trinajstić information content (AvgIpc) is 2.51. The van der Waals surface area contributed by atoms with Crippen LogP contribution in [-0.4, -0.2) is 13.1 Å². The molecule has 0 rings (SSSR count). The first-order valence-electron chi connectivity index (χ1n) is 9.95. The summed E-state index contributed by atoms with van der Waals surface area (Å²) >= 11 is 0. The summed E-state index contributed by atoms with van der Waals surface area (Å²) in [5.41, 5.74) is 0.578. The van der Waals surface area contributed by atoms with Gasteiger partial charge in [0.05, 0.1) is 0 Å². The van der Waals surface area contributed by atoms with Gasteiger partial charge in [-0.1, -0.05) is 85.5 Å². The Hall–Kier alpha value is -0.0400. The highest BCUT2D eigenvalue weighted by Gasteiger charge is 2.26. The summed E-state index contributed by atoms with van der Waals surface area (Å²) in [4.78, 5) is 0. The normalized spacial score (nSPS) is 14.3. The van der Waals surface area contributed by atoms with Crippen molar-refractivity contribution in [3.05, 3.63) is 0 Å². The molecule has 1 unspecified atom stereocenters. The number of hydrogen-bond donors (Lipinski definition) is 1. The van der Waals surface area contributed by atoms with Crippen molar-refractivity contribution in [3.8, 4) is 0 Å². The van der Waals surface area contributed by atoms with Crippen LogP contribution < -0.4 is 5.32 Å². The molecule has 0 saturated heterocycles. The Bertz CT molecular complexity index is 202. The highest BCUT2D eigenvalue weighted by atomic mass is 14.9. The minimum absolute atomic E-state index is 0.578. The molecular formula is C20H43N. The van der Waals surface area contributed by atoms with Gasteiger partial charge in [0.1, 0.15) is 0 Å². The average molecular weight is 298 g/mol. The molecule has 0 saturated carbocycles. The van der Waals surface area contributed by atoms with Crippen LogP contribution in [0.4, 0.5) is 0 Å². The van der Waals surface area contributed by atoms with Gasteiger partial charge in [0.2, 0.25) is 0 Å². The molecule has 0 heterocycles. The van der Waals surface area contributed by atoms with Crippen molar-refractivity contribution in [1.82, 2.24) is 5.32 Å². The summed E-state index contributed by atoms with van der Waals surface area (Å²) in [6.07, 6.45) is 18.2. The van der Waals surface area contributed by atoms with Crippen molar-refractivity contribution in [3.63, 3.8) is 0 Å². The van der Waals surface area contributed by atoms with Crippen molar-refractivity contribution in [2.45, 2.75) is 111 Å². The second-order valence-electron chi connectivity index (χ2n) is 7.01. The summed E-state index contributed by atoms with van der Waals surface area (Å²) in [7, 11) is 0. The molecule has 1 N–H and O–H groups in total. The summed E-state index contributed by atoms with van der Waals surface area (Å²) in [5.74, 6) is 0. The molecule has 0 bridgehead atoms. The zero-order valence-electron chi connectivity index (χ0n) is 15.6. The van der Waals surface area contributed by atoms with Crippen molar-refractivity contribution < 1.29 is 0 Å². The molecule has 0 radical (unpaired) electrons. The Balaban J connectivity index is 4.00. The van der Waals surface area contributed by atoms with Crippen LogP contribution in [0.5, 0.6) is 0 Å². The maximum atomic E-state index is 3.70. The largest absolute Gasteiger partial charge is 0.316 e. The Labute approximate surface area is 135 Å². The Kier molecular flexibility index (Phi) is 14.9. The van der Waals surface area contributed by atoms with E-state index in [1.165, 1.54) is 96.6 Å². The zero-order chi connectivity index (χ0) is 15.8. The van der Waals surface area contributed by atoms with Crippen LogP contribution in [0, 0.1) is 5.41 Å². The van der Waals surface area contributed by atoms with Gasteiger partial charge in [-0.15, -0.1) is 0 Å². The summed E-state index contributed by atoms with van der Waals surface area (Å²) in [6, 6.07) is 0. The van der Waals surface area contributed by atoms with Crippen LogP contribution in [0.2, 0.25) is 0 Å². The third kappa shape index (κ3) is 11.2. The van der Waals surface area contributed by atoms with Gasteiger partial charge in [0.15, 0.2) is 0 Å². The van der Waals surface area contributed by atoms with E-state index in [0.717, 1.165) is 0 Å². The maximum Gasteiger partial charge on any atom is 0.000770 e. The van der Waals surface area contributed by atoms with Crippen LogP contribution in [-0.2, 0) is 0 Å². The summed E-state index contributed by atoms with van der Waals surface area (Å²) < 4.78 is 0. The van der Waals surface area contributed by atoms with Gasteiger partial charge >= 0.3 is 0 Å². The van der Waals surface area contributed by atoms with Crippen LogP contribution in [0.15, 0.2) is 0 Å². The first-order chi connectivity index (χ1) is 10.2. The molecule has 0 aromatic carbocycles. The lowest BCUT2D eigenvalue weighted by Crippen LogP contribution is -2.34. The van der Waals surface area contributed by atoms with Gasteiger partial charge in [-0.2, -0.15) is 0 Å². The molecule has 0 aliphatic heterocycles. The molecule has 0 aliphatic carbocycles. The van der Waals surface area contributed by atoms with E-state index in [2.05, 4.69) is 33.0 Å². The van der Waals surface area contributed by atoms with Crippen molar-refractivity contribution in [2.75, 3.05) is 13.1 Å². The predicted molar refractivity (Wildman–Crippen MR) is 98.0 cm³/mol. The molecule has 21 heavy (non-hydrogen) atoms. The number of rotatable bonds is 16. The molecule has 0 spiro atoms. The molecule has 0 aliphatic rings. The maximum absolute atomic E-state index is 3.70. The molecular weight excluding hydrogens is 254 g/mol. The summed E-state index contributed by atoms with van der Waals surface area (Å²) in [5, 5.41) is 3.70. The molecule has 1 atom stereocenters. The van der Waals surface area contributed by atoms with Crippen LogP contribution in [0.1, 0.15) is 111 Å². The SMILES string of the molecule is CCCCCCCCCC(CC)(CCCC)CNCCC. The third-order valence-corrected chi connectivity index (χ3v) is 5.05. The third-order valence-electron chi connectivity index (χ3n) is 5.05. The minimum Gasteiger partial charge on any atom is -0.316 e. The molecule has 0 aromatic rings. The Morgan fingerprint density at radius 2 is 1.19 bits per heavy atom. The van der Waals surface area contributed by atoms with E-state index < -0.39 is 0 Å². The van der Waals surface area contributed by atoms with Crippen LogP contribution >= 0.6 is 0 Å². The van der Waals surface area contributed by atoms with E-state index in [-0.39, 0.29) is 0 Å². The molecule has 0 aromatic heterocycles. The fourth-order valence-corrected chi connectivity index (χ4v) is 3.32. The van der Waals surface area contributed by atoms with Gasteiger partial charge in [0, 0.05) is 6.54 Å². The van der Waals surface area contributed by atoms with Crippen molar-refractivity contribution >= 4 is 0 Å². The molecule has 0 amide bonds. The standard InChI is InChI=1S/C20H43N/c1-5-9-11-12-13-14-15-17-20(8-4,16-10-6-2)19-21-18-7-3/h21H,5-19H2,1-4H3. The first-order valence-corrected chi connectivity index (χ1v) is 9.95. The molecule has 1 heteroatoms. The lowest BCUT2D eigenvalue weighted by Gasteiger charge is -2.33. The van der Waals surface area contributed by atoms with Crippen LogP contribution in [0.3, 0.4) is 0 Å². The second kappa shape index (κ2) is 14.9. The van der Waals surface area contributed by atoms with E-state index in [9.17, 15) is 0 Å². The number of hydrogen-bond acceptors (Lipinski definition) is 1. The quantitative estimate of drug-likeness (QED) is 0.312. The highest BCUT2D eigenvalue weighted by molar-refractivity contribution is 4.80. The van der Waals surface area contributed by atoms with E-state index in [4.69, 9.17) is 0 Å². The van der Waals surface area contributed by atoms with E-state index in [1.807, 2.05) is 0 Å². The Morgan fingerprint density at radius 1 is 0.619 bits per heavy atom. The van der Waals surface area contributed by atoms with Gasteiger partial charge in [-0.05, 0) is 37.6 Å². The van der Waals surface area contributed by atoms with Crippen molar-refractivity contribution in [1.29, 1.82) is 0 Å². The summed E-state index contributed by atoms with van der Waals surface area (Å²) in [6.45, 7) is 11.7. The number of nitrogens with one attached hydrogen (secondary N) is 1. The molecule has 0 fully saturated rings. The Morgan fingerprint density at radius 3 is 1.76 bits per heavy atom. The van der Waals surface area contributed by atoms with E-state index in [1.54, 1.807) is 0 Å². The second-order valence-corrected chi connectivity index (χ2v) is 7.01. The van der Waals surface area contributed by atoms with Crippen molar-refractivity contribution in [2.24, 2.45) is 5.41 Å². The van der Waals surface area contributed by atoms with Gasteiger partial charge < -0.3 is 5.32 Å². The minimum atomic E-state index is 0.578. The lowest BCUT2D eigenvalue weighted by atomic mass is 9.75. The van der Waals surface area contributed by atoms with E-state index >= 15 is 0 Å². The zero-order valence-corrected chi connectivity index (χ0v) is 15.6. The van der Waals surface area contributed by atoms with Crippen LogP contribution in [0.25, 0.3) is 0 Å². The smallest absolute Gasteiger partial charge is 0.000770 e. The fourth-order valence-electron chi connectivity index (χ4n) is 3.32. The fraction of sp³-hybridized carbons (Fsp3) is 1.00. The number of unbranched alkanes of at least 4 members (excludes halogenated alkanes) is 7. The highest BCUT2D eigenvalue weighted by Crippen LogP contribution is 2.34. The molecule has 128 valence electrons. The van der Waals surface area contributed by atoms with E-state index in [0.29, 0.717) is 5.41 Å². The monoisotopic (exact) mass is 297 g/mol.